The van der Waals surface area contributed by atoms with Crippen LogP contribution in [0.4, 0.5) is 13.2 Å². The number of carbonyl (C=O) groups excluding carboxylic acids is 1. The molecule has 3 aromatic heterocycles. The molecule has 1 aliphatic carbocycles. The van der Waals surface area contributed by atoms with Crippen LogP contribution in [0.2, 0.25) is 0 Å². The number of rotatable bonds is 8. The van der Waals surface area contributed by atoms with Gasteiger partial charge in [0.25, 0.3) is 5.91 Å². The fourth-order valence-corrected chi connectivity index (χ4v) is 3.39. The SMILES string of the molecule is CCCCN(C)C(=O)c1cc(-c2cnc(-c3cccnc3)nc2)cn1CC1CC1.O=C(O)C(F)(F)F. The smallest absolute Gasteiger partial charge is 0.475 e. The van der Waals surface area contributed by atoms with Gasteiger partial charge in [-0.2, -0.15) is 13.2 Å². The Bertz CT molecular complexity index is 1160. The standard InChI is InChI=1S/C23H27N5O.C2HF3O2/c1-3-4-10-27(2)23(29)21-11-19(16-28(21)15-17-7-8-17)20-13-25-22(26-14-20)18-6-5-9-24-12-18;3-2(4,5)1(6)7/h5-6,9,11-14,16-17H,3-4,7-8,10,15H2,1-2H3;(H,6,7). The summed E-state index contributed by atoms with van der Waals surface area (Å²) in [6.07, 6.45) is 8.70. The topological polar surface area (TPSA) is 101 Å². The normalized spacial score (nSPS) is 13.0. The molecule has 36 heavy (non-hydrogen) atoms. The number of carbonyl (C=O) groups is 2. The van der Waals surface area contributed by atoms with Crippen molar-refractivity contribution in [1.29, 1.82) is 0 Å². The lowest BCUT2D eigenvalue weighted by Gasteiger charge is -2.18. The number of carboxylic acids is 1. The Morgan fingerprint density at radius 2 is 1.81 bits per heavy atom. The Morgan fingerprint density at radius 1 is 1.14 bits per heavy atom. The maximum Gasteiger partial charge on any atom is 0.490 e. The third-order valence-corrected chi connectivity index (χ3v) is 5.61. The minimum atomic E-state index is -5.08. The lowest BCUT2D eigenvalue weighted by molar-refractivity contribution is -0.192. The first-order valence-electron chi connectivity index (χ1n) is 11.6. The van der Waals surface area contributed by atoms with Crippen molar-refractivity contribution >= 4 is 11.9 Å². The fraction of sp³-hybridized carbons (Fsp3) is 0.400. The Morgan fingerprint density at radius 3 is 2.33 bits per heavy atom. The van der Waals surface area contributed by atoms with Crippen molar-refractivity contribution in [3.8, 4) is 22.5 Å². The molecule has 0 spiro atoms. The molecule has 0 atom stereocenters. The average Bonchev–Trinajstić information content (AvgIpc) is 3.59. The van der Waals surface area contributed by atoms with Gasteiger partial charge in [0.2, 0.25) is 0 Å². The number of hydrogen-bond donors (Lipinski definition) is 1. The maximum atomic E-state index is 13.0. The second-order valence-electron chi connectivity index (χ2n) is 8.63. The summed E-state index contributed by atoms with van der Waals surface area (Å²) in [4.78, 5) is 36.9. The molecule has 1 saturated carbocycles. The Labute approximate surface area is 206 Å². The Hall–Kier alpha value is -3.76. The molecule has 0 aliphatic heterocycles. The van der Waals surface area contributed by atoms with E-state index < -0.39 is 12.1 Å². The molecule has 1 N–H and O–H groups in total. The van der Waals surface area contributed by atoms with Crippen LogP contribution < -0.4 is 0 Å². The predicted octanol–water partition coefficient (Wildman–Crippen LogP) is 4.92. The number of amides is 1. The first-order valence-corrected chi connectivity index (χ1v) is 11.6. The highest BCUT2D eigenvalue weighted by Crippen LogP contribution is 2.33. The van der Waals surface area contributed by atoms with Crippen LogP contribution in [-0.2, 0) is 11.3 Å². The van der Waals surface area contributed by atoms with E-state index in [2.05, 4.69) is 32.6 Å². The first kappa shape index (κ1) is 26.8. The van der Waals surface area contributed by atoms with Gasteiger partial charge in [-0.15, -0.1) is 0 Å². The van der Waals surface area contributed by atoms with Crippen LogP contribution >= 0.6 is 0 Å². The van der Waals surface area contributed by atoms with E-state index in [-0.39, 0.29) is 5.91 Å². The minimum absolute atomic E-state index is 0.0817. The Kier molecular flexibility index (Phi) is 8.78. The van der Waals surface area contributed by atoms with Gasteiger partial charge < -0.3 is 14.6 Å². The van der Waals surface area contributed by atoms with Crippen LogP contribution in [0.5, 0.6) is 0 Å². The van der Waals surface area contributed by atoms with Gasteiger partial charge in [0, 0.05) is 67.8 Å². The van der Waals surface area contributed by atoms with Gasteiger partial charge in [-0.1, -0.05) is 13.3 Å². The largest absolute Gasteiger partial charge is 0.490 e. The monoisotopic (exact) mass is 503 g/mol. The summed E-state index contributed by atoms with van der Waals surface area (Å²) in [6, 6.07) is 5.80. The third-order valence-electron chi connectivity index (χ3n) is 5.61. The fourth-order valence-electron chi connectivity index (χ4n) is 3.39. The van der Waals surface area contributed by atoms with Crippen LogP contribution in [0.25, 0.3) is 22.5 Å². The van der Waals surface area contributed by atoms with Gasteiger partial charge in [-0.3, -0.25) is 9.78 Å². The molecule has 3 heterocycles. The van der Waals surface area contributed by atoms with Crippen LogP contribution in [0.1, 0.15) is 43.1 Å². The zero-order valence-electron chi connectivity index (χ0n) is 20.1. The van der Waals surface area contributed by atoms with Crippen LogP contribution in [-0.4, -0.2) is 61.2 Å². The van der Waals surface area contributed by atoms with Crippen molar-refractivity contribution in [2.24, 2.45) is 5.92 Å². The molecule has 0 saturated heterocycles. The van der Waals surface area contributed by atoms with E-state index in [9.17, 15) is 18.0 Å². The number of halogens is 3. The lowest BCUT2D eigenvalue weighted by atomic mass is 10.1. The number of pyridine rings is 1. The van der Waals surface area contributed by atoms with E-state index in [1.54, 1.807) is 12.4 Å². The molecule has 1 amide bonds. The predicted molar refractivity (Wildman–Crippen MR) is 127 cm³/mol. The third kappa shape index (κ3) is 7.37. The van der Waals surface area contributed by atoms with Crippen LogP contribution in [0, 0.1) is 5.92 Å². The molecule has 8 nitrogen and oxygen atoms in total. The quantitative estimate of drug-likeness (QED) is 0.468. The van der Waals surface area contributed by atoms with E-state index in [0.717, 1.165) is 48.3 Å². The summed E-state index contributed by atoms with van der Waals surface area (Å²) in [5.41, 5.74) is 3.54. The summed E-state index contributed by atoms with van der Waals surface area (Å²) in [6.45, 7) is 3.82. The van der Waals surface area contributed by atoms with Gasteiger partial charge in [0.15, 0.2) is 5.82 Å². The molecule has 4 rings (SSSR count). The molecular weight excluding hydrogens is 475 g/mol. The average molecular weight is 504 g/mol. The molecule has 3 aromatic rings. The van der Waals surface area contributed by atoms with E-state index in [1.807, 2.05) is 42.5 Å². The van der Waals surface area contributed by atoms with Crippen molar-refractivity contribution < 1.29 is 27.9 Å². The molecule has 192 valence electrons. The molecular formula is C25H28F3N5O3. The molecule has 0 radical (unpaired) electrons. The van der Waals surface area contributed by atoms with Gasteiger partial charge in [-0.25, -0.2) is 14.8 Å². The van der Waals surface area contributed by atoms with Crippen molar-refractivity contribution in [2.45, 2.75) is 45.3 Å². The van der Waals surface area contributed by atoms with Crippen molar-refractivity contribution in [2.75, 3.05) is 13.6 Å². The second-order valence-corrected chi connectivity index (χ2v) is 8.63. The molecule has 11 heteroatoms. The zero-order valence-corrected chi connectivity index (χ0v) is 20.1. The summed E-state index contributed by atoms with van der Waals surface area (Å²) in [5.74, 6) is -1.34. The molecule has 1 fully saturated rings. The van der Waals surface area contributed by atoms with Crippen molar-refractivity contribution in [3.05, 3.63) is 54.9 Å². The number of hydrogen-bond acceptors (Lipinski definition) is 5. The second kappa shape index (κ2) is 11.8. The molecule has 1 aliphatic rings. The van der Waals surface area contributed by atoms with Crippen LogP contribution in [0.3, 0.4) is 0 Å². The number of aliphatic carboxylic acids is 1. The summed E-state index contributed by atoms with van der Waals surface area (Å²) < 4.78 is 33.9. The van der Waals surface area contributed by atoms with Crippen molar-refractivity contribution in [1.82, 2.24) is 24.4 Å². The minimum Gasteiger partial charge on any atom is -0.475 e. The highest BCUT2D eigenvalue weighted by molar-refractivity contribution is 5.94. The van der Waals surface area contributed by atoms with E-state index in [1.165, 1.54) is 12.8 Å². The van der Waals surface area contributed by atoms with E-state index in [4.69, 9.17) is 9.90 Å². The van der Waals surface area contributed by atoms with Gasteiger partial charge in [0.05, 0.1) is 0 Å². The lowest BCUT2D eigenvalue weighted by Crippen LogP contribution is -2.29. The summed E-state index contributed by atoms with van der Waals surface area (Å²) >= 11 is 0. The van der Waals surface area contributed by atoms with Crippen LogP contribution in [0.15, 0.2) is 49.2 Å². The first-order chi connectivity index (χ1) is 17.1. The number of alkyl halides is 3. The summed E-state index contributed by atoms with van der Waals surface area (Å²) in [5, 5.41) is 7.12. The maximum absolute atomic E-state index is 13.0. The number of carboxylic acid groups (broad SMARTS) is 1. The van der Waals surface area contributed by atoms with E-state index >= 15 is 0 Å². The number of aromatic nitrogens is 4. The Balaban J connectivity index is 0.000000454. The molecule has 0 aromatic carbocycles. The van der Waals surface area contributed by atoms with Gasteiger partial charge in [0.1, 0.15) is 5.69 Å². The van der Waals surface area contributed by atoms with E-state index in [0.29, 0.717) is 11.7 Å². The number of unbranched alkanes of at least 4 members (excludes halogenated alkanes) is 1. The number of nitrogens with zero attached hydrogens (tertiary/aromatic N) is 5. The highest BCUT2D eigenvalue weighted by atomic mass is 19.4. The zero-order chi connectivity index (χ0) is 26.3. The van der Waals surface area contributed by atoms with Crippen molar-refractivity contribution in [3.63, 3.8) is 0 Å². The highest BCUT2D eigenvalue weighted by Gasteiger charge is 2.38. The van der Waals surface area contributed by atoms with Gasteiger partial charge in [-0.05, 0) is 43.4 Å². The summed E-state index contributed by atoms with van der Waals surface area (Å²) in [7, 11) is 1.89. The molecule has 0 bridgehead atoms. The molecule has 0 unspecified atom stereocenters. The van der Waals surface area contributed by atoms with Gasteiger partial charge >= 0.3 is 12.1 Å².